The molecule has 0 aromatic carbocycles. The molecular formula is C11H19N3O2. The van der Waals surface area contributed by atoms with Gasteiger partial charge in [-0.2, -0.15) is 0 Å². The van der Waals surface area contributed by atoms with Gasteiger partial charge in [-0.05, 0) is 6.92 Å². The van der Waals surface area contributed by atoms with Gasteiger partial charge in [-0.3, -0.25) is 4.79 Å². The van der Waals surface area contributed by atoms with E-state index in [1.54, 1.807) is 13.1 Å². The van der Waals surface area contributed by atoms with Gasteiger partial charge in [-0.15, -0.1) is 0 Å². The number of rotatable bonds is 5. The Kier molecular flexibility index (Phi) is 4.49. The second-order valence-corrected chi connectivity index (χ2v) is 3.95. The van der Waals surface area contributed by atoms with Gasteiger partial charge < -0.3 is 15.0 Å². The smallest absolute Gasteiger partial charge is 0.324 e. The van der Waals surface area contributed by atoms with E-state index in [-0.39, 0.29) is 5.97 Å². The Hall–Kier alpha value is -1.36. The van der Waals surface area contributed by atoms with E-state index in [0.717, 1.165) is 5.82 Å². The standard InChI is InChI=1S/C11H19N3O2/c1-4-16-11(15)9(12)7-14-6-5-13-10(14)8(2)3/h5-6,8-9H,4,7,12H2,1-3H3. The molecule has 1 aromatic heterocycles. The van der Waals surface area contributed by atoms with Crippen LogP contribution >= 0.6 is 0 Å². The molecule has 0 aliphatic heterocycles. The van der Waals surface area contributed by atoms with E-state index in [2.05, 4.69) is 18.8 Å². The van der Waals surface area contributed by atoms with Gasteiger partial charge in [0.2, 0.25) is 0 Å². The average molecular weight is 225 g/mol. The van der Waals surface area contributed by atoms with Crippen LogP contribution < -0.4 is 5.73 Å². The first-order valence-electron chi connectivity index (χ1n) is 5.49. The molecule has 0 fully saturated rings. The van der Waals surface area contributed by atoms with Crippen LogP contribution in [0.3, 0.4) is 0 Å². The zero-order valence-corrected chi connectivity index (χ0v) is 10.0. The van der Waals surface area contributed by atoms with Crippen LogP contribution in [0.2, 0.25) is 0 Å². The SMILES string of the molecule is CCOC(=O)C(N)Cn1ccnc1C(C)C. The maximum atomic E-state index is 11.4. The van der Waals surface area contributed by atoms with Crippen molar-refractivity contribution in [2.75, 3.05) is 6.61 Å². The highest BCUT2D eigenvalue weighted by Crippen LogP contribution is 2.11. The molecule has 1 atom stereocenters. The topological polar surface area (TPSA) is 70.1 Å². The Morgan fingerprint density at radius 2 is 2.31 bits per heavy atom. The molecule has 0 saturated carbocycles. The number of hydrogen-bond donors (Lipinski definition) is 1. The summed E-state index contributed by atoms with van der Waals surface area (Å²) in [6.07, 6.45) is 3.54. The Morgan fingerprint density at radius 1 is 1.62 bits per heavy atom. The van der Waals surface area contributed by atoms with Crippen LogP contribution in [0.5, 0.6) is 0 Å². The van der Waals surface area contributed by atoms with Crippen LogP contribution in [-0.2, 0) is 16.1 Å². The van der Waals surface area contributed by atoms with Crippen molar-refractivity contribution >= 4 is 5.97 Å². The molecule has 0 aliphatic carbocycles. The Labute approximate surface area is 95.6 Å². The third-order valence-corrected chi connectivity index (χ3v) is 2.25. The fraction of sp³-hybridized carbons (Fsp3) is 0.636. The summed E-state index contributed by atoms with van der Waals surface area (Å²) in [5.74, 6) is 0.870. The van der Waals surface area contributed by atoms with Crippen LogP contribution in [0.15, 0.2) is 12.4 Å². The molecule has 90 valence electrons. The minimum Gasteiger partial charge on any atom is -0.465 e. The van der Waals surface area contributed by atoms with E-state index in [1.807, 2.05) is 10.8 Å². The molecule has 1 rings (SSSR count). The van der Waals surface area contributed by atoms with Gasteiger partial charge in [0.25, 0.3) is 0 Å². The Morgan fingerprint density at radius 3 is 2.88 bits per heavy atom. The van der Waals surface area contributed by atoms with Gasteiger partial charge in [0, 0.05) is 24.9 Å². The monoisotopic (exact) mass is 225 g/mol. The number of hydrogen-bond acceptors (Lipinski definition) is 4. The van der Waals surface area contributed by atoms with Crippen molar-refractivity contribution in [1.29, 1.82) is 0 Å². The maximum Gasteiger partial charge on any atom is 0.324 e. The number of aromatic nitrogens is 2. The lowest BCUT2D eigenvalue weighted by Gasteiger charge is -2.14. The van der Waals surface area contributed by atoms with Crippen LogP contribution in [-0.4, -0.2) is 28.2 Å². The third-order valence-electron chi connectivity index (χ3n) is 2.25. The molecule has 0 saturated heterocycles. The first-order valence-corrected chi connectivity index (χ1v) is 5.49. The first kappa shape index (κ1) is 12.7. The second kappa shape index (κ2) is 5.65. The van der Waals surface area contributed by atoms with E-state index in [1.165, 1.54) is 0 Å². The zero-order valence-electron chi connectivity index (χ0n) is 10.0. The van der Waals surface area contributed by atoms with Crippen molar-refractivity contribution in [1.82, 2.24) is 9.55 Å². The van der Waals surface area contributed by atoms with Crippen molar-refractivity contribution in [3.05, 3.63) is 18.2 Å². The van der Waals surface area contributed by atoms with Gasteiger partial charge in [0.1, 0.15) is 11.9 Å². The molecule has 5 heteroatoms. The predicted molar refractivity (Wildman–Crippen MR) is 60.9 cm³/mol. The molecule has 1 heterocycles. The highest BCUT2D eigenvalue weighted by molar-refractivity contribution is 5.75. The number of carbonyl (C=O) groups is 1. The molecule has 1 unspecified atom stereocenters. The summed E-state index contributed by atoms with van der Waals surface area (Å²) in [4.78, 5) is 15.6. The number of nitrogens with zero attached hydrogens (tertiary/aromatic N) is 2. The molecule has 0 amide bonds. The summed E-state index contributed by atoms with van der Waals surface area (Å²) in [6.45, 7) is 6.63. The fourth-order valence-electron chi connectivity index (χ4n) is 1.51. The van der Waals surface area contributed by atoms with Crippen molar-refractivity contribution in [3.8, 4) is 0 Å². The summed E-state index contributed by atoms with van der Waals surface area (Å²) >= 11 is 0. The van der Waals surface area contributed by atoms with E-state index >= 15 is 0 Å². The molecule has 1 aromatic rings. The Balaban J connectivity index is 2.65. The van der Waals surface area contributed by atoms with Gasteiger partial charge >= 0.3 is 5.97 Å². The van der Waals surface area contributed by atoms with Gasteiger partial charge in [-0.25, -0.2) is 4.98 Å². The minimum absolute atomic E-state index is 0.310. The fourth-order valence-corrected chi connectivity index (χ4v) is 1.51. The number of imidazole rings is 1. The summed E-state index contributed by atoms with van der Waals surface area (Å²) in [6, 6.07) is -0.633. The summed E-state index contributed by atoms with van der Waals surface area (Å²) < 4.78 is 6.75. The zero-order chi connectivity index (χ0) is 12.1. The number of carbonyl (C=O) groups excluding carboxylic acids is 1. The summed E-state index contributed by atoms with van der Waals surface area (Å²) in [7, 11) is 0. The van der Waals surface area contributed by atoms with Crippen molar-refractivity contribution in [3.63, 3.8) is 0 Å². The number of ether oxygens (including phenoxy) is 1. The predicted octanol–water partition coefficient (Wildman–Crippen LogP) is 0.897. The van der Waals surface area contributed by atoms with E-state index < -0.39 is 6.04 Å². The van der Waals surface area contributed by atoms with Crippen molar-refractivity contribution in [2.45, 2.75) is 39.3 Å². The molecule has 2 N–H and O–H groups in total. The first-order chi connectivity index (χ1) is 7.56. The maximum absolute atomic E-state index is 11.4. The molecule has 0 radical (unpaired) electrons. The van der Waals surface area contributed by atoms with E-state index in [0.29, 0.717) is 19.1 Å². The third kappa shape index (κ3) is 3.06. The second-order valence-electron chi connectivity index (χ2n) is 3.95. The quantitative estimate of drug-likeness (QED) is 0.756. The average Bonchev–Trinajstić information content (AvgIpc) is 2.66. The molecule has 16 heavy (non-hydrogen) atoms. The lowest BCUT2D eigenvalue weighted by molar-refractivity contribution is -0.145. The number of esters is 1. The van der Waals surface area contributed by atoms with Crippen LogP contribution in [0.4, 0.5) is 0 Å². The van der Waals surface area contributed by atoms with Crippen LogP contribution in [0, 0.1) is 0 Å². The lowest BCUT2D eigenvalue weighted by Crippen LogP contribution is -2.36. The molecular weight excluding hydrogens is 206 g/mol. The lowest BCUT2D eigenvalue weighted by atomic mass is 10.2. The highest BCUT2D eigenvalue weighted by atomic mass is 16.5. The van der Waals surface area contributed by atoms with Crippen molar-refractivity contribution < 1.29 is 9.53 Å². The largest absolute Gasteiger partial charge is 0.465 e. The van der Waals surface area contributed by atoms with E-state index in [4.69, 9.17) is 10.5 Å². The van der Waals surface area contributed by atoms with Crippen molar-refractivity contribution in [2.24, 2.45) is 5.73 Å². The van der Waals surface area contributed by atoms with Gasteiger partial charge in [0.05, 0.1) is 6.61 Å². The molecule has 0 spiro atoms. The molecule has 0 bridgehead atoms. The van der Waals surface area contributed by atoms with Gasteiger partial charge in [0.15, 0.2) is 0 Å². The van der Waals surface area contributed by atoms with Crippen LogP contribution in [0.1, 0.15) is 32.5 Å². The van der Waals surface area contributed by atoms with Gasteiger partial charge in [-0.1, -0.05) is 13.8 Å². The normalized spacial score (nSPS) is 12.8. The highest BCUT2D eigenvalue weighted by Gasteiger charge is 2.17. The summed E-state index contributed by atoms with van der Waals surface area (Å²) in [5, 5.41) is 0. The summed E-state index contributed by atoms with van der Waals surface area (Å²) in [5.41, 5.74) is 5.74. The Bertz CT molecular complexity index is 347. The minimum atomic E-state index is -0.633. The molecule has 5 nitrogen and oxygen atoms in total. The molecule has 0 aliphatic rings. The number of nitrogens with two attached hydrogens (primary N) is 1. The van der Waals surface area contributed by atoms with E-state index in [9.17, 15) is 4.79 Å². The van der Waals surface area contributed by atoms with Crippen LogP contribution in [0.25, 0.3) is 0 Å².